The summed E-state index contributed by atoms with van der Waals surface area (Å²) in [4.78, 5) is 26.7. The Morgan fingerprint density at radius 1 is 1.17 bits per heavy atom. The van der Waals surface area contributed by atoms with Gasteiger partial charge in [0.05, 0.1) is 5.56 Å². The lowest BCUT2D eigenvalue weighted by Crippen LogP contribution is -2.53. The van der Waals surface area contributed by atoms with E-state index in [-0.39, 0.29) is 11.9 Å². The van der Waals surface area contributed by atoms with Crippen molar-refractivity contribution in [2.45, 2.75) is 32.2 Å². The number of hydrogen-bond acceptors (Lipinski definition) is 5. The molecule has 1 aliphatic heterocycles. The number of anilines is 1. The molecule has 0 spiro atoms. The van der Waals surface area contributed by atoms with Gasteiger partial charge in [-0.2, -0.15) is 11.3 Å². The van der Waals surface area contributed by atoms with Crippen LogP contribution >= 0.6 is 11.3 Å². The Labute approximate surface area is 182 Å². The van der Waals surface area contributed by atoms with E-state index in [1.807, 2.05) is 21.7 Å². The average molecular weight is 421 g/mol. The Kier molecular flexibility index (Phi) is 6.87. The molecule has 1 saturated heterocycles. The molecule has 6 heteroatoms. The van der Waals surface area contributed by atoms with Crippen molar-refractivity contribution in [2.24, 2.45) is 5.92 Å². The molecule has 3 aromatic rings. The molecule has 3 heterocycles. The van der Waals surface area contributed by atoms with E-state index < -0.39 is 0 Å². The number of carbonyl (C=O) groups excluding carboxylic acids is 1. The molecule has 1 aromatic carbocycles. The van der Waals surface area contributed by atoms with E-state index in [1.165, 1.54) is 5.56 Å². The molecule has 30 heavy (non-hydrogen) atoms. The number of thiophene rings is 1. The van der Waals surface area contributed by atoms with Gasteiger partial charge in [-0.3, -0.25) is 9.69 Å². The predicted molar refractivity (Wildman–Crippen MR) is 122 cm³/mol. The lowest BCUT2D eigenvalue weighted by atomic mass is 9.88. The summed E-state index contributed by atoms with van der Waals surface area (Å²) in [5.41, 5.74) is 2.09. The fourth-order valence-electron chi connectivity index (χ4n) is 4.30. The summed E-state index contributed by atoms with van der Waals surface area (Å²) in [6.07, 6.45) is 6.44. The highest BCUT2D eigenvalue weighted by molar-refractivity contribution is 7.08. The van der Waals surface area contributed by atoms with Gasteiger partial charge in [-0.1, -0.05) is 43.7 Å². The number of likely N-dealkylation sites (tertiary alicyclic amines) is 1. The second kappa shape index (κ2) is 9.96. The number of nitrogens with zero attached hydrogens (tertiary/aromatic N) is 4. The van der Waals surface area contributed by atoms with Crippen molar-refractivity contribution in [1.82, 2.24) is 14.9 Å². The number of piperidine rings is 1. The Morgan fingerprint density at radius 2 is 1.97 bits per heavy atom. The van der Waals surface area contributed by atoms with Crippen molar-refractivity contribution in [3.8, 4) is 0 Å². The van der Waals surface area contributed by atoms with Crippen LogP contribution in [0.2, 0.25) is 0 Å². The smallest absolute Gasteiger partial charge is 0.261 e. The molecule has 0 N–H and O–H groups in total. The van der Waals surface area contributed by atoms with Gasteiger partial charge in [0.1, 0.15) is 0 Å². The third kappa shape index (κ3) is 4.77. The number of aromatic nitrogens is 2. The van der Waals surface area contributed by atoms with Crippen LogP contribution in [0.5, 0.6) is 0 Å². The van der Waals surface area contributed by atoms with Crippen LogP contribution < -0.4 is 4.90 Å². The van der Waals surface area contributed by atoms with E-state index in [0.29, 0.717) is 17.4 Å². The Balaban J connectivity index is 1.50. The van der Waals surface area contributed by atoms with Crippen LogP contribution in [0.25, 0.3) is 0 Å². The molecule has 0 bridgehead atoms. The van der Waals surface area contributed by atoms with Crippen molar-refractivity contribution in [1.29, 1.82) is 0 Å². The normalized spacial score (nSPS) is 19.5. The highest BCUT2D eigenvalue weighted by Gasteiger charge is 2.37. The van der Waals surface area contributed by atoms with Gasteiger partial charge in [-0.25, -0.2) is 9.97 Å². The lowest BCUT2D eigenvalue weighted by molar-refractivity contribution is 0.0918. The first kappa shape index (κ1) is 20.7. The van der Waals surface area contributed by atoms with E-state index in [4.69, 9.17) is 0 Å². The third-order valence-corrected chi connectivity index (χ3v) is 6.63. The van der Waals surface area contributed by atoms with Crippen LogP contribution in [0.4, 0.5) is 5.95 Å². The number of rotatable bonds is 7. The molecule has 5 nitrogen and oxygen atoms in total. The molecule has 1 aliphatic rings. The van der Waals surface area contributed by atoms with Crippen molar-refractivity contribution >= 4 is 23.2 Å². The van der Waals surface area contributed by atoms with Gasteiger partial charge in [-0.05, 0) is 41.8 Å². The number of carbonyl (C=O) groups is 1. The van der Waals surface area contributed by atoms with Crippen LogP contribution in [-0.4, -0.2) is 46.5 Å². The van der Waals surface area contributed by atoms with Crippen LogP contribution in [0.1, 0.15) is 35.7 Å². The first-order valence-corrected chi connectivity index (χ1v) is 11.6. The third-order valence-electron chi connectivity index (χ3n) is 5.95. The summed E-state index contributed by atoms with van der Waals surface area (Å²) >= 11 is 1.54. The maximum Gasteiger partial charge on any atom is 0.261 e. The summed E-state index contributed by atoms with van der Waals surface area (Å²) in [6, 6.07) is 14.4. The number of amides is 1. The summed E-state index contributed by atoms with van der Waals surface area (Å²) < 4.78 is 0. The SMILES string of the molecule is CC[C@H]1CN(CCc2ccccc2)CC[C@H]1N(C(=O)c1ccsc1)c1ncccn1. The fourth-order valence-corrected chi connectivity index (χ4v) is 4.93. The van der Waals surface area contributed by atoms with Gasteiger partial charge in [0, 0.05) is 43.4 Å². The zero-order chi connectivity index (χ0) is 20.8. The topological polar surface area (TPSA) is 49.3 Å². The zero-order valence-electron chi connectivity index (χ0n) is 17.4. The highest BCUT2D eigenvalue weighted by Crippen LogP contribution is 2.29. The standard InChI is InChI=1S/C24H28N4OS/c1-2-20-17-27(14-9-19-7-4-3-5-8-19)15-10-22(20)28(24-25-12-6-13-26-24)23(29)21-11-16-30-18-21/h3-8,11-13,16,18,20,22H,2,9-10,14-15,17H2,1H3/t20-,22+/m0/s1. The molecule has 156 valence electrons. The lowest BCUT2D eigenvalue weighted by Gasteiger charge is -2.43. The van der Waals surface area contributed by atoms with Crippen molar-refractivity contribution < 1.29 is 4.79 Å². The molecule has 1 fully saturated rings. The van der Waals surface area contributed by atoms with Crippen LogP contribution in [-0.2, 0) is 6.42 Å². The Morgan fingerprint density at radius 3 is 2.67 bits per heavy atom. The molecule has 0 unspecified atom stereocenters. The second-order valence-electron chi connectivity index (χ2n) is 7.80. The molecule has 4 rings (SSSR count). The maximum absolute atomic E-state index is 13.4. The van der Waals surface area contributed by atoms with Crippen molar-refractivity contribution in [3.05, 3.63) is 76.7 Å². The molecule has 0 radical (unpaired) electrons. The minimum Gasteiger partial charge on any atom is -0.303 e. The van der Waals surface area contributed by atoms with Gasteiger partial charge in [0.2, 0.25) is 5.95 Å². The predicted octanol–water partition coefficient (Wildman–Crippen LogP) is 4.53. The molecule has 0 aliphatic carbocycles. The fraction of sp³-hybridized carbons (Fsp3) is 0.375. The first-order chi connectivity index (χ1) is 14.8. The van der Waals surface area contributed by atoms with Gasteiger partial charge >= 0.3 is 0 Å². The largest absolute Gasteiger partial charge is 0.303 e. The average Bonchev–Trinajstić information content (AvgIpc) is 3.35. The molecule has 2 aromatic heterocycles. The van der Waals surface area contributed by atoms with Crippen LogP contribution in [0.15, 0.2) is 65.6 Å². The number of hydrogen-bond donors (Lipinski definition) is 0. The molecule has 1 amide bonds. The minimum absolute atomic E-state index is 0.00337. The number of benzene rings is 1. The summed E-state index contributed by atoms with van der Waals surface area (Å²) in [5.74, 6) is 0.902. The van der Waals surface area contributed by atoms with E-state index in [1.54, 1.807) is 29.8 Å². The quantitative estimate of drug-likeness (QED) is 0.564. The Bertz CT molecular complexity index is 917. The summed E-state index contributed by atoms with van der Waals surface area (Å²) in [6.45, 7) is 5.24. The van der Waals surface area contributed by atoms with Crippen LogP contribution in [0.3, 0.4) is 0 Å². The van der Waals surface area contributed by atoms with E-state index >= 15 is 0 Å². The maximum atomic E-state index is 13.4. The second-order valence-corrected chi connectivity index (χ2v) is 8.58. The molecule has 0 saturated carbocycles. The minimum atomic E-state index is 0.00337. The molecule has 2 atom stereocenters. The first-order valence-electron chi connectivity index (χ1n) is 10.7. The van der Waals surface area contributed by atoms with E-state index in [0.717, 1.165) is 38.9 Å². The van der Waals surface area contributed by atoms with E-state index in [9.17, 15) is 4.79 Å². The molecular formula is C24H28N4OS. The van der Waals surface area contributed by atoms with Gasteiger partial charge in [0.25, 0.3) is 5.91 Å². The van der Waals surface area contributed by atoms with Crippen molar-refractivity contribution in [2.75, 3.05) is 24.5 Å². The van der Waals surface area contributed by atoms with Crippen LogP contribution in [0, 0.1) is 5.92 Å². The van der Waals surface area contributed by atoms with Gasteiger partial charge in [0.15, 0.2) is 0 Å². The monoisotopic (exact) mass is 420 g/mol. The van der Waals surface area contributed by atoms with Crippen molar-refractivity contribution in [3.63, 3.8) is 0 Å². The summed E-state index contributed by atoms with van der Waals surface area (Å²) in [7, 11) is 0. The van der Waals surface area contributed by atoms with Gasteiger partial charge in [-0.15, -0.1) is 0 Å². The zero-order valence-corrected chi connectivity index (χ0v) is 18.2. The molecular weight excluding hydrogens is 392 g/mol. The van der Waals surface area contributed by atoms with E-state index in [2.05, 4.69) is 52.1 Å². The highest BCUT2D eigenvalue weighted by atomic mass is 32.1. The van der Waals surface area contributed by atoms with Gasteiger partial charge < -0.3 is 4.90 Å². The Hall–Kier alpha value is -2.57. The summed E-state index contributed by atoms with van der Waals surface area (Å²) in [5, 5.41) is 3.86.